The predicted octanol–water partition coefficient (Wildman–Crippen LogP) is 4.00. The molecule has 0 saturated heterocycles. The van der Waals surface area contributed by atoms with Crippen LogP contribution in [0.4, 0.5) is 4.39 Å². The number of nitrogens with zero attached hydrogens (tertiary/aromatic N) is 2. The van der Waals surface area contributed by atoms with Gasteiger partial charge in [-0.1, -0.05) is 19.1 Å². The maximum absolute atomic E-state index is 14.1. The summed E-state index contributed by atoms with van der Waals surface area (Å²) in [6.07, 6.45) is 6.80. The summed E-state index contributed by atoms with van der Waals surface area (Å²) in [6, 6.07) is 6.54. The quantitative estimate of drug-likeness (QED) is 0.873. The van der Waals surface area contributed by atoms with Gasteiger partial charge in [0.2, 0.25) is 0 Å². The molecule has 5 heteroatoms. The standard InChI is InChI=1S/C21H24FN3O/c1-13-2-9-20(26)21(14-5-7-17(24)8-6-14)25-19(10-13)15-3-4-16(12-23)18(22)11-15/h3-4,10-11,13-14,17H,2,5-9,24H2,1H3/b19-10-,25-21?. The number of allylic oxidation sites excluding steroid dienone is 1. The summed E-state index contributed by atoms with van der Waals surface area (Å²) >= 11 is 0. The van der Waals surface area contributed by atoms with Crippen LogP contribution in [-0.2, 0) is 4.79 Å². The number of aliphatic imine (C=N–C) groups is 1. The molecule has 2 N–H and O–H groups in total. The number of nitriles is 1. The third kappa shape index (κ3) is 4.08. The molecule has 4 nitrogen and oxygen atoms in total. The molecular weight excluding hydrogens is 329 g/mol. The van der Waals surface area contributed by atoms with Crippen LogP contribution in [0.5, 0.6) is 0 Å². The van der Waals surface area contributed by atoms with E-state index < -0.39 is 5.82 Å². The molecule has 136 valence electrons. The van der Waals surface area contributed by atoms with Crippen molar-refractivity contribution in [2.45, 2.75) is 51.5 Å². The molecule has 26 heavy (non-hydrogen) atoms. The monoisotopic (exact) mass is 353 g/mol. The average Bonchev–Trinajstić information content (AvgIpc) is 2.63. The van der Waals surface area contributed by atoms with Gasteiger partial charge in [0.1, 0.15) is 11.9 Å². The second-order valence-electron chi connectivity index (χ2n) is 7.41. The highest BCUT2D eigenvalue weighted by atomic mass is 19.1. The Morgan fingerprint density at radius 1 is 1.23 bits per heavy atom. The molecule has 1 fully saturated rings. The molecule has 0 radical (unpaired) electrons. The Kier molecular flexibility index (Phi) is 5.63. The number of hydrogen-bond donors (Lipinski definition) is 1. The highest BCUT2D eigenvalue weighted by Crippen LogP contribution is 2.30. The van der Waals surface area contributed by atoms with Crippen molar-refractivity contribution >= 4 is 17.2 Å². The van der Waals surface area contributed by atoms with Gasteiger partial charge in [-0.15, -0.1) is 0 Å². The van der Waals surface area contributed by atoms with Crippen LogP contribution < -0.4 is 5.73 Å². The Hall–Kier alpha value is -2.32. The van der Waals surface area contributed by atoms with Gasteiger partial charge in [-0.05, 0) is 50.2 Å². The van der Waals surface area contributed by atoms with Crippen molar-refractivity contribution < 1.29 is 9.18 Å². The summed E-state index contributed by atoms with van der Waals surface area (Å²) in [7, 11) is 0. The maximum atomic E-state index is 14.1. The molecule has 1 saturated carbocycles. The molecule has 1 aromatic carbocycles. The maximum Gasteiger partial charge on any atom is 0.177 e. The first-order valence-corrected chi connectivity index (χ1v) is 9.27. The van der Waals surface area contributed by atoms with Gasteiger partial charge in [0.25, 0.3) is 0 Å². The number of hydrogen-bond acceptors (Lipinski definition) is 4. The fraction of sp³-hybridized carbons (Fsp3) is 0.476. The van der Waals surface area contributed by atoms with Crippen LogP contribution in [0.15, 0.2) is 29.3 Å². The number of Topliss-reactive ketones (excluding diaryl/α,β-unsaturated/α-hetero) is 1. The molecular formula is C21H24FN3O. The summed E-state index contributed by atoms with van der Waals surface area (Å²) < 4.78 is 14.1. The minimum absolute atomic E-state index is 0.00907. The van der Waals surface area contributed by atoms with Crippen molar-refractivity contribution in [3.63, 3.8) is 0 Å². The zero-order valence-electron chi connectivity index (χ0n) is 15.0. The summed E-state index contributed by atoms with van der Waals surface area (Å²) in [5, 5.41) is 8.93. The summed E-state index contributed by atoms with van der Waals surface area (Å²) in [4.78, 5) is 17.5. The number of nitrogens with two attached hydrogens (primary N) is 1. The number of ketones is 1. The van der Waals surface area contributed by atoms with Crippen LogP contribution in [0.2, 0.25) is 0 Å². The first kappa shape index (κ1) is 18.5. The number of carbonyl (C=O) groups excluding carboxylic acids is 1. The van der Waals surface area contributed by atoms with E-state index in [1.165, 1.54) is 12.1 Å². The highest BCUT2D eigenvalue weighted by Gasteiger charge is 2.28. The molecule has 1 heterocycles. The minimum atomic E-state index is -0.563. The molecule has 1 aliphatic heterocycles. The fourth-order valence-corrected chi connectivity index (χ4v) is 3.71. The summed E-state index contributed by atoms with van der Waals surface area (Å²) in [6.45, 7) is 2.04. The Balaban J connectivity index is 2.00. The van der Waals surface area contributed by atoms with Crippen LogP contribution in [0.1, 0.15) is 56.6 Å². The number of rotatable bonds is 2. The van der Waals surface area contributed by atoms with Crippen molar-refractivity contribution in [1.82, 2.24) is 0 Å². The van der Waals surface area contributed by atoms with E-state index >= 15 is 0 Å². The smallest absolute Gasteiger partial charge is 0.177 e. The lowest BCUT2D eigenvalue weighted by Crippen LogP contribution is -2.33. The minimum Gasteiger partial charge on any atom is -0.328 e. The molecule has 1 aromatic rings. The summed E-state index contributed by atoms with van der Waals surface area (Å²) in [5.41, 5.74) is 7.84. The molecule has 2 aliphatic rings. The second kappa shape index (κ2) is 7.92. The molecule has 0 amide bonds. The normalized spacial score (nSPS) is 29.0. The third-order valence-electron chi connectivity index (χ3n) is 5.34. The highest BCUT2D eigenvalue weighted by molar-refractivity contribution is 6.41. The molecule has 0 aromatic heterocycles. The van der Waals surface area contributed by atoms with E-state index in [4.69, 9.17) is 16.0 Å². The van der Waals surface area contributed by atoms with E-state index in [-0.39, 0.29) is 29.2 Å². The topological polar surface area (TPSA) is 79.2 Å². The third-order valence-corrected chi connectivity index (χ3v) is 5.34. The molecule has 3 rings (SSSR count). The molecule has 1 aliphatic carbocycles. The van der Waals surface area contributed by atoms with E-state index in [1.807, 2.05) is 19.1 Å². The van der Waals surface area contributed by atoms with Gasteiger partial charge < -0.3 is 5.73 Å². The Morgan fingerprint density at radius 3 is 2.62 bits per heavy atom. The predicted molar refractivity (Wildman–Crippen MR) is 99.9 cm³/mol. The van der Waals surface area contributed by atoms with Crippen LogP contribution in [-0.4, -0.2) is 17.5 Å². The molecule has 0 spiro atoms. The van der Waals surface area contributed by atoms with Gasteiger partial charge in [-0.2, -0.15) is 5.26 Å². The van der Waals surface area contributed by atoms with Crippen molar-refractivity contribution in [3.8, 4) is 6.07 Å². The Labute approximate surface area is 153 Å². The van der Waals surface area contributed by atoms with Crippen LogP contribution in [0.25, 0.3) is 5.70 Å². The average molecular weight is 353 g/mol. The fourth-order valence-electron chi connectivity index (χ4n) is 3.71. The first-order valence-electron chi connectivity index (χ1n) is 9.27. The SMILES string of the molecule is CC1/C=C(/c2ccc(C#N)c(F)c2)N=C(C2CCC(N)CC2)C(=O)CC1. The Morgan fingerprint density at radius 2 is 1.96 bits per heavy atom. The van der Waals surface area contributed by atoms with E-state index in [1.54, 1.807) is 6.07 Å². The lowest BCUT2D eigenvalue weighted by Gasteiger charge is -2.28. The second-order valence-corrected chi connectivity index (χ2v) is 7.41. The van der Waals surface area contributed by atoms with E-state index in [9.17, 15) is 9.18 Å². The zero-order valence-corrected chi connectivity index (χ0v) is 15.0. The Bertz CT molecular complexity index is 798. The van der Waals surface area contributed by atoms with Gasteiger partial charge in [0.15, 0.2) is 5.78 Å². The van der Waals surface area contributed by atoms with E-state index in [2.05, 4.69) is 0 Å². The van der Waals surface area contributed by atoms with E-state index in [0.29, 0.717) is 23.4 Å². The number of benzene rings is 1. The van der Waals surface area contributed by atoms with Gasteiger partial charge in [-0.25, -0.2) is 9.38 Å². The van der Waals surface area contributed by atoms with Crippen molar-refractivity contribution in [2.75, 3.05) is 0 Å². The number of halogens is 1. The number of carbonyl (C=O) groups is 1. The lowest BCUT2D eigenvalue weighted by molar-refractivity contribution is -0.113. The van der Waals surface area contributed by atoms with Gasteiger partial charge in [0.05, 0.1) is 17.0 Å². The van der Waals surface area contributed by atoms with Gasteiger partial charge in [-0.3, -0.25) is 4.79 Å². The van der Waals surface area contributed by atoms with Crippen molar-refractivity contribution in [2.24, 2.45) is 22.6 Å². The molecule has 1 atom stereocenters. The van der Waals surface area contributed by atoms with Crippen molar-refractivity contribution in [3.05, 3.63) is 41.2 Å². The van der Waals surface area contributed by atoms with Gasteiger partial charge in [0, 0.05) is 23.9 Å². The van der Waals surface area contributed by atoms with Crippen LogP contribution in [0, 0.1) is 29.0 Å². The first-order chi connectivity index (χ1) is 12.5. The van der Waals surface area contributed by atoms with Gasteiger partial charge >= 0.3 is 0 Å². The van der Waals surface area contributed by atoms with Crippen LogP contribution >= 0.6 is 0 Å². The summed E-state index contributed by atoms with van der Waals surface area (Å²) in [5.74, 6) is -0.163. The molecule has 0 bridgehead atoms. The zero-order chi connectivity index (χ0) is 18.7. The largest absolute Gasteiger partial charge is 0.328 e. The van der Waals surface area contributed by atoms with Crippen LogP contribution in [0.3, 0.4) is 0 Å². The lowest BCUT2D eigenvalue weighted by atomic mass is 9.80. The molecule has 1 unspecified atom stereocenters. The van der Waals surface area contributed by atoms with Crippen molar-refractivity contribution in [1.29, 1.82) is 5.26 Å². The van der Waals surface area contributed by atoms with E-state index in [0.717, 1.165) is 32.1 Å².